The molecule has 0 spiro atoms. The Bertz CT molecular complexity index is 1260. The second kappa shape index (κ2) is 9.49. The van der Waals surface area contributed by atoms with Crippen molar-refractivity contribution in [2.75, 3.05) is 32.6 Å². The summed E-state index contributed by atoms with van der Waals surface area (Å²) in [5.41, 5.74) is 2.23. The number of hydrogen-bond acceptors (Lipinski definition) is 7. The number of nitrogens with zero attached hydrogens (tertiary/aromatic N) is 4. The highest BCUT2D eigenvalue weighted by atomic mass is 79.9. The standard InChI is InChI=1S/C22H24BrN7O2/c1-13(21(31)25-12-11-24-2)26-22-27-18-16(5-4-6-17(18)23)20-28-19(29-30(20)22)14-7-9-15(32-3)10-8-14/h4-10,13,24H,11-12H2,1-3H3,(H,25,31)(H,26,27)/t13-/m1/s1. The molecule has 2 aromatic carbocycles. The number of carbonyl (C=O) groups excluding carboxylic acids is 1. The quantitative estimate of drug-likeness (QED) is 0.321. The van der Waals surface area contributed by atoms with Crippen LogP contribution < -0.4 is 20.7 Å². The van der Waals surface area contributed by atoms with Crippen LogP contribution in [0.3, 0.4) is 0 Å². The minimum Gasteiger partial charge on any atom is -0.497 e. The van der Waals surface area contributed by atoms with E-state index in [1.807, 2.05) is 49.5 Å². The summed E-state index contributed by atoms with van der Waals surface area (Å²) < 4.78 is 7.72. The van der Waals surface area contributed by atoms with Crippen LogP contribution in [-0.4, -0.2) is 58.8 Å². The number of rotatable bonds is 8. The first-order chi connectivity index (χ1) is 15.5. The monoisotopic (exact) mass is 497 g/mol. The highest BCUT2D eigenvalue weighted by Gasteiger charge is 2.19. The van der Waals surface area contributed by atoms with Crippen LogP contribution >= 0.6 is 15.9 Å². The number of amides is 1. The zero-order valence-electron chi connectivity index (χ0n) is 18.0. The van der Waals surface area contributed by atoms with Crippen LogP contribution in [0.5, 0.6) is 5.75 Å². The van der Waals surface area contributed by atoms with Gasteiger partial charge in [-0.15, -0.1) is 5.10 Å². The van der Waals surface area contributed by atoms with Gasteiger partial charge in [-0.25, -0.2) is 9.97 Å². The Kier molecular flexibility index (Phi) is 6.52. The summed E-state index contributed by atoms with van der Waals surface area (Å²) >= 11 is 3.57. The van der Waals surface area contributed by atoms with Crippen LogP contribution in [0.2, 0.25) is 0 Å². The Labute approximate surface area is 193 Å². The van der Waals surface area contributed by atoms with Crippen LogP contribution in [0.4, 0.5) is 5.95 Å². The summed E-state index contributed by atoms with van der Waals surface area (Å²) in [7, 11) is 3.47. The van der Waals surface area contributed by atoms with E-state index in [0.717, 1.165) is 26.7 Å². The van der Waals surface area contributed by atoms with Crippen molar-refractivity contribution in [3.05, 3.63) is 46.9 Å². The maximum Gasteiger partial charge on any atom is 0.242 e. The first kappa shape index (κ1) is 22.0. The zero-order valence-corrected chi connectivity index (χ0v) is 19.6. The summed E-state index contributed by atoms with van der Waals surface area (Å²) in [5, 5.41) is 14.6. The number of carbonyl (C=O) groups is 1. The fraction of sp³-hybridized carbons (Fsp3) is 0.273. The minimum atomic E-state index is -0.517. The molecule has 3 N–H and O–H groups in total. The van der Waals surface area contributed by atoms with Gasteiger partial charge in [0.2, 0.25) is 11.9 Å². The molecule has 2 heterocycles. The van der Waals surface area contributed by atoms with E-state index in [2.05, 4.69) is 37.0 Å². The van der Waals surface area contributed by atoms with Crippen LogP contribution in [0.15, 0.2) is 46.9 Å². The molecular formula is C22H24BrN7O2. The topological polar surface area (TPSA) is 105 Å². The summed E-state index contributed by atoms with van der Waals surface area (Å²) in [4.78, 5) is 22.0. The molecule has 0 unspecified atom stereocenters. The molecule has 0 fully saturated rings. The lowest BCUT2D eigenvalue weighted by Gasteiger charge is -2.16. The predicted molar refractivity (Wildman–Crippen MR) is 128 cm³/mol. The first-order valence-corrected chi connectivity index (χ1v) is 11.0. The van der Waals surface area contributed by atoms with Crippen molar-refractivity contribution in [2.45, 2.75) is 13.0 Å². The van der Waals surface area contributed by atoms with Crippen molar-refractivity contribution in [2.24, 2.45) is 0 Å². The lowest BCUT2D eigenvalue weighted by Crippen LogP contribution is -2.40. The number of aromatic nitrogens is 4. The average molecular weight is 498 g/mol. The maximum absolute atomic E-state index is 12.5. The number of para-hydroxylation sites is 1. The van der Waals surface area contributed by atoms with Gasteiger partial charge in [0.15, 0.2) is 11.5 Å². The normalized spacial score (nSPS) is 12.1. The fourth-order valence-corrected chi connectivity index (χ4v) is 3.73. The summed E-state index contributed by atoms with van der Waals surface area (Å²) in [5.74, 6) is 1.62. The highest BCUT2D eigenvalue weighted by molar-refractivity contribution is 9.10. The molecule has 4 aromatic rings. The van der Waals surface area contributed by atoms with Crippen LogP contribution in [0.1, 0.15) is 6.92 Å². The molecule has 1 amide bonds. The van der Waals surface area contributed by atoms with Crippen molar-refractivity contribution < 1.29 is 9.53 Å². The zero-order chi connectivity index (χ0) is 22.7. The fourth-order valence-electron chi connectivity index (χ4n) is 3.28. The van der Waals surface area contributed by atoms with E-state index in [4.69, 9.17) is 14.7 Å². The largest absolute Gasteiger partial charge is 0.497 e. The van der Waals surface area contributed by atoms with E-state index in [0.29, 0.717) is 30.5 Å². The van der Waals surface area contributed by atoms with Gasteiger partial charge in [0.05, 0.1) is 12.6 Å². The van der Waals surface area contributed by atoms with Crippen LogP contribution in [0, 0.1) is 0 Å². The van der Waals surface area contributed by atoms with Gasteiger partial charge < -0.3 is 20.7 Å². The van der Waals surface area contributed by atoms with Gasteiger partial charge in [0.1, 0.15) is 11.8 Å². The summed E-state index contributed by atoms with van der Waals surface area (Å²) in [6.45, 7) is 3.02. The van der Waals surface area contributed by atoms with Crippen molar-refractivity contribution in [1.82, 2.24) is 30.2 Å². The van der Waals surface area contributed by atoms with Gasteiger partial charge >= 0.3 is 0 Å². The molecule has 0 radical (unpaired) electrons. The Morgan fingerprint density at radius 2 is 1.94 bits per heavy atom. The molecule has 1 atom stereocenters. The van der Waals surface area contributed by atoms with Crippen LogP contribution in [-0.2, 0) is 4.79 Å². The Balaban J connectivity index is 1.77. The number of likely N-dealkylation sites (N-methyl/N-ethyl adjacent to an activating group) is 1. The Morgan fingerprint density at radius 3 is 2.66 bits per heavy atom. The molecule has 10 heteroatoms. The van der Waals surface area contributed by atoms with Crippen molar-refractivity contribution in [3.8, 4) is 17.1 Å². The third-order valence-corrected chi connectivity index (χ3v) is 5.65. The molecule has 0 saturated heterocycles. The number of nitrogens with one attached hydrogen (secondary N) is 3. The van der Waals surface area contributed by atoms with Crippen LogP contribution in [0.25, 0.3) is 27.9 Å². The average Bonchev–Trinajstić information content (AvgIpc) is 3.26. The number of halogens is 1. The Hall–Kier alpha value is -3.24. The van der Waals surface area contributed by atoms with E-state index in [1.165, 1.54) is 0 Å². The maximum atomic E-state index is 12.5. The summed E-state index contributed by atoms with van der Waals surface area (Å²) in [6, 6.07) is 12.8. The van der Waals surface area contributed by atoms with E-state index in [1.54, 1.807) is 18.5 Å². The number of benzene rings is 2. The van der Waals surface area contributed by atoms with E-state index in [-0.39, 0.29) is 5.91 Å². The molecule has 0 aliphatic rings. The molecule has 166 valence electrons. The van der Waals surface area contributed by atoms with Gasteiger partial charge in [0.25, 0.3) is 0 Å². The van der Waals surface area contributed by atoms with E-state index >= 15 is 0 Å². The second-order valence-corrected chi connectivity index (χ2v) is 8.09. The summed E-state index contributed by atoms with van der Waals surface area (Å²) in [6.07, 6.45) is 0. The number of anilines is 1. The SMILES string of the molecule is CNCCNC(=O)[C@@H](C)Nc1nc2c(Br)cccc2c2nc(-c3ccc(OC)cc3)nn12. The minimum absolute atomic E-state index is 0.127. The molecule has 32 heavy (non-hydrogen) atoms. The smallest absolute Gasteiger partial charge is 0.242 e. The number of ether oxygens (including phenoxy) is 1. The van der Waals surface area contributed by atoms with Gasteiger partial charge in [-0.2, -0.15) is 4.52 Å². The number of hydrogen-bond donors (Lipinski definition) is 3. The molecular weight excluding hydrogens is 474 g/mol. The lowest BCUT2D eigenvalue weighted by molar-refractivity contribution is -0.121. The highest BCUT2D eigenvalue weighted by Crippen LogP contribution is 2.29. The molecule has 0 bridgehead atoms. The second-order valence-electron chi connectivity index (χ2n) is 7.23. The van der Waals surface area contributed by atoms with Gasteiger partial charge in [-0.05, 0) is 66.3 Å². The third-order valence-electron chi connectivity index (χ3n) is 5.01. The third kappa shape index (κ3) is 4.37. The number of methoxy groups -OCH3 is 1. The molecule has 2 aromatic heterocycles. The van der Waals surface area contributed by atoms with E-state index in [9.17, 15) is 4.79 Å². The van der Waals surface area contributed by atoms with Crippen molar-refractivity contribution in [3.63, 3.8) is 0 Å². The van der Waals surface area contributed by atoms with Gasteiger partial charge in [0, 0.05) is 28.5 Å². The molecule has 0 aliphatic carbocycles. The number of fused-ring (bicyclic) bond motifs is 3. The predicted octanol–water partition coefficient (Wildman–Crippen LogP) is 2.85. The molecule has 9 nitrogen and oxygen atoms in total. The first-order valence-electron chi connectivity index (χ1n) is 10.2. The van der Waals surface area contributed by atoms with E-state index < -0.39 is 6.04 Å². The van der Waals surface area contributed by atoms with Gasteiger partial charge in [-0.1, -0.05) is 6.07 Å². The molecule has 0 saturated carbocycles. The van der Waals surface area contributed by atoms with Crippen molar-refractivity contribution in [1.29, 1.82) is 0 Å². The lowest BCUT2D eigenvalue weighted by atomic mass is 10.2. The van der Waals surface area contributed by atoms with Gasteiger partial charge in [-0.3, -0.25) is 4.79 Å². The van der Waals surface area contributed by atoms with Crippen molar-refractivity contribution >= 4 is 44.3 Å². The Morgan fingerprint density at radius 1 is 1.16 bits per heavy atom. The molecule has 0 aliphatic heterocycles. The molecule has 4 rings (SSSR count).